The summed E-state index contributed by atoms with van der Waals surface area (Å²) in [6, 6.07) is 12.7. The summed E-state index contributed by atoms with van der Waals surface area (Å²) in [7, 11) is 1.62. The third-order valence-corrected chi connectivity index (χ3v) is 4.82. The zero-order chi connectivity index (χ0) is 19.2. The number of nitro groups is 1. The Morgan fingerprint density at radius 2 is 2.04 bits per heavy atom. The molecule has 27 heavy (non-hydrogen) atoms. The molecule has 3 rings (SSSR count). The fourth-order valence-electron chi connectivity index (χ4n) is 3.46. The van der Waals surface area contributed by atoms with Gasteiger partial charge in [0.05, 0.1) is 17.6 Å². The van der Waals surface area contributed by atoms with Crippen LogP contribution in [0.3, 0.4) is 0 Å². The van der Waals surface area contributed by atoms with E-state index in [4.69, 9.17) is 9.47 Å². The summed E-state index contributed by atoms with van der Waals surface area (Å²) in [4.78, 5) is 11.3. The molecule has 0 bridgehead atoms. The molecule has 7 nitrogen and oxygen atoms in total. The van der Waals surface area contributed by atoms with Crippen molar-refractivity contribution in [3.63, 3.8) is 0 Å². The average Bonchev–Trinajstić information content (AvgIpc) is 2.68. The van der Waals surface area contributed by atoms with Gasteiger partial charge < -0.3 is 19.9 Å². The average molecular weight is 372 g/mol. The van der Waals surface area contributed by atoms with E-state index in [1.807, 2.05) is 30.3 Å². The van der Waals surface area contributed by atoms with Crippen molar-refractivity contribution in [2.24, 2.45) is 0 Å². The molecule has 1 aliphatic rings. The van der Waals surface area contributed by atoms with Crippen molar-refractivity contribution in [3.8, 4) is 5.75 Å². The Kier molecular flexibility index (Phi) is 6.39. The van der Waals surface area contributed by atoms with E-state index in [1.54, 1.807) is 19.2 Å². The first-order valence-corrected chi connectivity index (χ1v) is 8.99. The fourth-order valence-corrected chi connectivity index (χ4v) is 3.46. The molecule has 2 aromatic carbocycles. The molecule has 0 aliphatic heterocycles. The summed E-state index contributed by atoms with van der Waals surface area (Å²) in [6.45, 7) is 1.42. The molecule has 0 saturated carbocycles. The zero-order valence-corrected chi connectivity index (χ0v) is 15.3. The fraction of sp³-hybridized carbons (Fsp3) is 0.400. The van der Waals surface area contributed by atoms with Gasteiger partial charge in [0.1, 0.15) is 6.61 Å². The maximum atomic E-state index is 11.7. The monoisotopic (exact) mass is 372 g/mol. The summed E-state index contributed by atoms with van der Waals surface area (Å²) in [5.41, 5.74) is 2.04. The molecule has 2 N–H and O–H groups in total. The number of hydrogen-bond acceptors (Lipinski definition) is 6. The van der Waals surface area contributed by atoms with Gasteiger partial charge in [0.25, 0.3) is 0 Å². The molecule has 7 heteroatoms. The molecule has 0 amide bonds. The number of aliphatic hydroxyl groups is 1. The Labute approximate surface area is 158 Å². The summed E-state index contributed by atoms with van der Waals surface area (Å²) in [5.74, 6) is 0.237. The van der Waals surface area contributed by atoms with Gasteiger partial charge in [-0.05, 0) is 30.0 Å². The van der Waals surface area contributed by atoms with Gasteiger partial charge in [-0.2, -0.15) is 0 Å². The van der Waals surface area contributed by atoms with Gasteiger partial charge in [-0.25, -0.2) is 0 Å². The Morgan fingerprint density at radius 1 is 1.26 bits per heavy atom. The van der Waals surface area contributed by atoms with E-state index in [0.29, 0.717) is 37.1 Å². The molecule has 0 fully saturated rings. The van der Waals surface area contributed by atoms with Crippen LogP contribution in [0.25, 0.3) is 0 Å². The Bertz CT molecular complexity index is 781. The van der Waals surface area contributed by atoms with Crippen molar-refractivity contribution in [2.45, 2.75) is 31.6 Å². The number of benzene rings is 2. The molecule has 2 atom stereocenters. The van der Waals surface area contributed by atoms with Gasteiger partial charge >= 0.3 is 5.69 Å². The second kappa shape index (κ2) is 8.94. The number of ether oxygens (including phenoxy) is 2. The van der Waals surface area contributed by atoms with Gasteiger partial charge in [-0.15, -0.1) is 0 Å². The molecule has 144 valence electrons. The van der Waals surface area contributed by atoms with E-state index < -0.39 is 11.0 Å². The Morgan fingerprint density at radius 3 is 2.74 bits per heavy atom. The van der Waals surface area contributed by atoms with Crippen LogP contribution < -0.4 is 10.1 Å². The summed E-state index contributed by atoms with van der Waals surface area (Å²) in [5, 5.41) is 25.6. The number of aliphatic hydroxyl groups excluding tert-OH is 1. The smallest absolute Gasteiger partial charge is 0.314 e. The molecule has 0 saturated heterocycles. The largest absolute Gasteiger partial charge is 0.482 e. The van der Waals surface area contributed by atoms with Gasteiger partial charge in [0, 0.05) is 25.3 Å². The van der Waals surface area contributed by atoms with E-state index in [2.05, 4.69) is 5.32 Å². The van der Waals surface area contributed by atoms with E-state index in [0.717, 1.165) is 5.56 Å². The van der Waals surface area contributed by atoms with Crippen LogP contribution in [0.15, 0.2) is 42.5 Å². The minimum absolute atomic E-state index is 0.0437. The van der Waals surface area contributed by atoms with E-state index >= 15 is 0 Å². The summed E-state index contributed by atoms with van der Waals surface area (Å²) >= 11 is 0. The van der Waals surface area contributed by atoms with Gasteiger partial charge in [-0.1, -0.05) is 36.4 Å². The highest BCUT2D eigenvalue weighted by molar-refractivity contribution is 5.58. The van der Waals surface area contributed by atoms with Gasteiger partial charge in [-0.3, -0.25) is 10.1 Å². The second-order valence-corrected chi connectivity index (χ2v) is 6.55. The highest BCUT2D eigenvalue weighted by Crippen LogP contribution is 2.41. The van der Waals surface area contributed by atoms with Crippen molar-refractivity contribution < 1.29 is 19.5 Å². The molecule has 2 aromatic rings. The SMILES string of the molecule is COCCNC1CCc2c(ccc(OCc3ccccc3)c2[N+](=O)[O-])C1O. The lowest BCUT2D eigenvalue weighted by Crippen LogP contribution is -2.40. The van der Waals surface area contributed by atoms with Crippen molar-refractivity contribution >= 4 is 5.69 Å². The van der Waals surface area contributed by atoms with E-state index in [1.165, 1.54) is 0 Å². The van der Waals surface area contributed by atoms with Crippen LogP contribution in [0.2, 0.25) is 0 Å². The minimum Gasteiger partial charge on any atom is -0.482 e. The predicted octanol–water partition coefficient (Wildman–Crippen LogP) is 2.76. The quantitative estimate of drug-likeness (QED) is 0.420. The van der Waals surface area contributed by atoms with Crippen LogP contribution in [0, 0.1) is 10.1 Å². The van der Waals surface area contributed by atoms with Gasteiger partial charge in [0.15, 0.2) is 5.75 Å². The van der Waals surface area contributed by atoms with E-state index in [-0.39, 0.29) is 24.1 Å². The third kappa shape index (κ3) is 4.44. The molecular formula is C20H24N2O5. The van der Waals surface area contributed by atoms with Crippen molar-refractivity contribution in [1.29, 1.82) is 0 Å². The lowest BCUT2D eigenvalue weighted by atomic mass is 9.84. The Balaban J connectivity index is 1.81. The number of rotatable bonds is 8. The van der Waals surface area contributed by atoms with Crippen molar-refractivity contribution in [2.75, 3.05) is 20.3 Å². The van der Waals surface area contributed by atoms with Crippen molar-refractivity contribution in [1.82, 2.24) is 5.32 Å². The Hall–Kier alpha value is -2.48. The second-order valence-electron chi connectivity index (χ2n) is 6.55. The van der Waals surface area contributed by atoms with Crippen LogP contribution in [-0.2, 0) is 17.8 Å². The topological polar surface area (TPSA) is 93.9 Å². The lowest BCUT2D eigenvalue weighted by molar-refractivity contribution is -0.386. The first kappa shape index (κ1) is 19.3. The van der Waals surface area contributed by atoms with Crippen LogP contribution in [0.5, 0.6) is 5.75 Å². The van der Waals surface area contributed by atoms with Gasteiger partial charge in [0.2, 0.25) is 0 Å². The van der Waals surface area contributed by atoms with Crippen LogP contribution in [-0.4, -0.2) is 36.3 Å². The molecule has 0 spiro atoms. The number of nitrogens with zero attached hydrogens (tertiary/aromatic N) is 1. The molecule has 0 aromatic heterocycles. The third-order valence-electron chi connectivity index (χ3n) is 4.82. The summed E-state index contributed by atoms with van der Waals surface area (Å²) in [6.07, 6.45) is 0.323. The first-order valence-electron chi connectivity index (χ1n) is 8.99. The molecule has 0 heterocycles. The normalized spacial score (nSPS) is 18.7. The molecular weight excluding hydrogens is 348 g/mol. The summed E-state index contributed by atoms with van der Waals surface area (Å²) < 4.78 is 10.8. The van der Waals surface area contributed by atoms with Crippen LogP contribution in [0.1, 0.15) is 29.2 Å². The van der Waals surface area contributed by atoms with Crippen LogP contribution in [0.4, 0.5) is 5.69 Å². The van der Waals surface area contributed by atoms with Crippen LogP contribution >= 0.6 is 0 Å². The minimum atomic E-state index is -0.799. The number of hydrogen-bond donors (Lipinski definition) is 2. The number of fused-ring (bicyclic) bond motifs is 1. The lowest BCUT2D eigenvalue weighted by Gasteiger charge is -2.31. The highest BCUT2D eigenvalue weighted by Gasteiger charge is 2.34. The van der Waals surface area contributed by atoms with E-state index in [9.17, 15) is 15.2 Å². The first-order chi connectivity index (χ1) is 13.1. The maximum Gasteiger partial charge on any atom is 0.314 e. The molecule has 1 aliphatic carbocycles. The molecule has 0 radical (unpaired) electrons. The number of nitrogens with one attached hydrogen (secondary N) is 1. The maximum absolute atomic E-state index is 11.7. The molecule has 2 unspecified atom stereocenters. The zero-order valence-electron chi connectivity index (χ0n) is 15.3. The number of methoxy groups -OCH3 is 1. The predicted molar refractivity (Wildman–Crippen MR) is 101 cm³/mol. The number of nitro benzene ring substituents is 1. The standard InChI is InChI=1S/C20H24N2O5/c1-26-12-11-21-17-9-7-15-16(20(17)23)8-10-18(19(15)22(24)25)27-13-14-5-3-2-4-6-14/h2-6,8,10,17,20-21,23H,7,9,11-13H2,1H3. The van der Waals surface area contributed by atoms with Crippen molar-refractivity contribution in [3.05, 3.63) is 69.3 Å². The highest BCUT2D eigenvalue weighted by atomic mass is 16.6.